The second-order valence-electron chi connectivity index (χ2n) is 12.1. The number of nitrogens with zero attached hydrogens (tertiary/aromatic N) is 3. The van der Waals surface area contributed by atoms with Gasteiger partial charge in [-0.1, -0.05) is 158 Å². The number of fused-ring (bicyclic) bond motifs is 3. The van der Waals surface area contributed by atoms with Crippen molar-refractivity contribution in [3.05, 3.63) is 176 Å². The minimum absolute atomic E-state index is 0.649. The summed E-state index contributed by atoms with van der Waals surface area (Å²) in [6.07, 6.45) is 0. The van der Waals surface area contributed by atoms with Gasteiger partial charge in [0.05, 0.1) is 0 Å². The molecule has 2 aromatic heterocycles. The SMILES string of the molecule is c1ccc(-c2ccc(-c3nc(-c4ccc(-c5ccccc5)cc4)nc(-c4cccc5c4sc4ccc(-c6ccccc6)cc45)n3)cc2)cc1. The molecule has 9 rings (SSSR count). The third-order valence-corrected chi connectivity index (χ3v) is 10.2. The molecule has 0 spiro atoms. The number of rotatable bonds is 6. The molecular formula is C45H29N3S. The molecule has 0 aliphatic carbocycles. The quantitative estimate of drug-likeness (QED) is 0.181. The molecule has 2 heterocycles. The van der Waals surface area contributed by atoms with Gasteiger partial charge < -0.3 is 0 Å². The molecule has 9 aromatic rings. The largest absolute Gasteiger partial charge is 0.208 e. The lowest BCUT2D eigenvalue weighted by Crippen LogP contribution is -2.00. The van der Waals surface area contributed by atoms with Crippen molar-refractivity contribution in [1.29, 1.82) is 0 Å². The van der Waals surface area contributed by atoms with Gasteiger partial charge in [-0.25, -0.2) is 15.0 Å². The van der Waals surface area contributed by atoms with Gasteiger partial charge in [0.15, 0.2) is 17.5 Å². The van der Waals surface area contributed by atoms with Gasteiger partial charge in [0.25, 0.3) is 0 Å². The zero-order valence-electron chi connectivity index (χ0n) is 26.5. The maximum atomic E-state index is 5.14. The van der Waals surface area contributed by atoms with E-state index in [1.807, 2.05) is 12.1 Å². The Kier molecular flexibility index (Phi) is 7.34. The zero-order valence-corrected chi connectivity index (χ0v) is 27.3. The molecule has 49 heavy (non-hydrogen) atoms. The molecule has 0 N–H and O–H groups in total. The number of benzene rings is 7. The Morgan fingerprint density at radius 2 is 0.735 bits per heavy atom. The summed E-state index contributed by atoms with van der Waals surface area (Å²) < 4.78 is 2.41. The maximum absolute atomic E-state index is 5.14. The van der Waals surface area contributed by atoms with Crippen molar-refractivity contribution in [1.82, 2.24) is 15.0 Å². The van der Waals surface area contributed by atoms with Gasteiger partial charge in [-0.2, -0.15) is 0 Å². The summed E-state index contributed by atoms with van der Waals surface area (Å²) in [5.41, 5.74) is 9.98. The molecule has 0 fully saturated rings. The molecule has 0 bridgehead atoms. The summed E-state index contributed by atoms with van der Waals surface area (Å²) >= 11 is 1.79. The van der Waals surface area contributed by atoms with Crippen LogP contribution in [0.15, 0.2) is 176 Å². The Labute approximate surface area is 288 Å². The van der Waals surface area contributed by atoms with E-state index in [-0.39, 0.29) is 0 Å². The molecular weight excluding hydrogens is 615 g/mol. The lowest BCUT2D eigenvalue weighted by molar-refractivity contribution is 1.08. The number of hydrogen-bond acceptors (Lipinski definition) is 4. The lowest BCUT2D eigenvalue weighted by Gasteiger charge is -2.10. The molecule has 4 heteroatoms. The van der Waals surface area contributed by atoms with Crippen molar-refractivity contribution in [3.63, 3.8) is 0 Å². The first kappa shape index (κ1) is 29.0. The molecule has 3 nitrogen and oxygen atoms in total. The first-order valence-corrected chi connectivity index (χ1v) is 17.2. The fraction of sp³-hybridized carbons (Fsp3) is 0. The van der Waals surface area contributed by atoms with E-state index < -0.39 is 0 Å². The van der Waals surface area contributed by atoms with Crippen LogP contribution in [0, 0.1) is 0 Å². The van der Waals surface area contributed by atoms with Gasteiger partial charge >= 0.3 is 0 Å². The summed E-state index contributed by atoms with van der Waals surface area (Å²) in [5, 5.41) is 2.45. The number of thiophene rings is 1. The second-order valence-corrected chi connectivity index (χ2v) is 13.1. The van der Waals surface area contributed by atoms with Gasteiger partial charge in [0.1, 0.15) is 0 Å². The van der Waals surface area contributed by atoms with E-state index in [2.05, 4.69) is 164 Å². The van der Waals surface area contributed by atoms with Crippen LogP contribution >= 0.6 is 11.3 Å². The highest BCUT2D eigenvalue weighted by Crippen LogP contribution is 2.41. The molecule has 0 unspecified atom stereocenters. The molecule has 0 atom stereocenters. The molecule has 7 aromatic carbocycles. The van der Waals surface area contributed by atoms with Crippen molar-refractivity contribution < 1.29 is 0 Å². The van der Waals surface area contributed by atoms with Crippen LogP contribution in [0.25, 0.3) is 87.7 Å². The molecule has 0 amide bonds. The van der Waals surface area contributed by atoms with E-state index in [9.17, 15) is 0 Å². The Balaban J connectivity index is 1.18. The first-order chi connectivity index (χ1) is 24.3. The molecule has 0 aliphatic heterocycles. The first-order valence-electron chi connectivity index (χ1n) is 16.4. The highest BCUT2D eigenvalue weighted by atomic mass is 32.1. The molecule has 230 valence electrons. The van der Waals surface area contributed by atoms with Crippen molar-refractivity contribution in [2.24, 2.45) is 0 Å². The van der Waals surface area contributed by atoms with Gasteiger partial charge in [-0.05, 0) is 51.6 Å². The van der Waals surface area contributed by atoms with Crippen molar-refractivity contribution in [2.75, 3.05) is 0 Å². The molecule has 0 radical (unpaired) electrons. The van der Waals surface area contributed by atoms with E-state index in [0.717, 1.165) is 27.8 Å². The summed E-state index contributed by atoms with van der Waals surface area (Å²) in [4.78, 5) is 15.3. The van der Waals surface area contributed by atoms with Crippen molar-refractivity contribution in [3.8, 4) is 67.5 Å². The van der Waals surface area contributed by atoms with Gasteiger partial charge in [-0.15, -0.1) is 11.3 Å². The maximum Gasteiger partial charge on any atom is 0.165 e. The van der Waals surface area contributed by atoms with Crippen LogP contribution in [0.2, 0.25) is 0 Å². The van der Waals surface area contributed by atoms with Crippen LogP contribution in [0.3, 0.4) is 0 Å². The molecule has 0 saturated carbocycles. The standard InChI is InChI=1S/C45H29N3S/c1-4-11-30(12-5-1)33-19-23-35(24-20-33)43-46-44(36-25-21-34(22-26-36)31-13-6-2-7-14-31)48-45(47-43)39-18-10-17-38-40-29-37(32-15-8-3-9-16-32)27-28-41(40)49-42(38)39/h1-29H. The number of hydrogen-bond donors (Lipinski definition) is 0. The van der Waals surface area contributed by atoms with Gasteiger partial charge in [-0.3, -0.25) is 0 Å². The smallest absolute Gasteiger partial charge is 0.165 e. The minimum Gasteiger partial charge on any atom is -0.208 e. The normalized spacial score (nSPS) is 11.3. The van der Waals surface area contributed by atoms with Crippen LogP contribution < -0.4 is 0 Å². The Morgan fingerprint density at radius 1 is 0.306 bits per heavy atom. The fourth-order valence-corrected chi connectivity index (χ4v) is 7.62. The van der Waals surface area contributed by atoms with Crippen LogP contribution in [-0.4, -0.2) is 15.0 Å². The van der Waals surface area contributed by atoms with E-state index in [0.29, 0.717) is 17.5 Å². The third kappa shape index (κ3) is 5.58. The van der Waals surface area contributed by atoms with E-state index in [1.54, 1.807) is 11.3 Å². The highest BCUT2D eigenvalue weighted by Gasteiger charge is 2.17. The predicted molar refractivity (Wildman–Crippen MR) is 205 cm³/mol. The van der Waals surface area contributed by atoms with E-state index in [4.69, 9.17) is 15.0 Å². The Bertz CT molecular complexity index is 2460. The third-order valence-electron chi connectivity index (χ3n) is 8.98. The fourth-order valence-electron chi connectivity index (χ4n) is 6.42. The summed E-state index contributed by atoms with van der Waals surface area (Å²) in [6, 6.07) is 61.6. The predicted octanol–water partition coefficient (Wildman–Crippen LogP) is 12.2. The minimum atomic E-state index is 0.649. The Morgan fingerprint density at radius 3 is 1.27 bits per heavy atom. The average molecular weight is 644 g/mol. The van der Waals surface area contributed by atoms with Crippen LogP contribution in [0.1, 0.15) is 0 Å². The number of aromatic nitrogens is 3. The van der Waals surface area contributed by atoms with Crippen LogP contribution in [-0.2, 0) is 0 Å². The van der Waals surface area contributed by atoms with Crippen molar-refractivity contribution in [2.45, 2.75) is 0 Å². The highest BCUT2D eigenvalue weighted by molar-refractivity contribution is 7.26. The molecule has 0 aliphatic rings. The topological polar surface area (TPSA) is 38.7 Å². The summed E-state index contributed by atoms with van der Waals surface area (Å²) in [7, 11) is 0. The monoisotopic (exact) mass is 643 g/mol. The van der Waals surface area contributed by atoms with Crippen LogP contribution in [0.5, 0.6) is 0 Å². The van der Waals surface area contributed by atoms with E-state index >= 15 is 0 Å². The van der Waals surface area contributed by atoms with E-state index in [1.165, 1.54) is 42.4 Å². The van der Waals surface area contributed by atoms with Crippen LogP contribution in [0.4, 0.5) is 0 Å². The lowest BCUT2D eigenvalue weighted by atomic mass is 10.0. The summed E-state index contributed by atoms with van der Waals surface area (Å²) in [6.45, 7) is 0. The average Bonchev–Trinajstić information content (AvgIpc) is 3.57. The zero-order chi connectivity index (χ0) is 32.6. The van der Waals surface area contributed by atoms with Gasteiger partial charge in [0, 0.05) is 36.9 Å². The molecule has 0 saturated heterocycles. The second kappa shape index (κ2) is 12.4. The summed E-state index contributed by atoms with van der Waals surface area (Å²) in [5.74, 6) is 1.96. The van der Waals surface area contributed by atoms with Crippen molar-refractivity contribution >= 4 is 31.5 Å². The Hall–Kier alpha value is -6.23. The van der Waals surface area contributed by atoms with Gasteiger partial charge in [0.2, 0.25) is 0 Å².